The molecule has 0 aromatic heterocycles. The van der Waals surface area contributed by atoms with Gasteiger partial charge in [-0.05, 0) is 133 Å². The lowest BCUT2D eigenvalue weighted by Crippen LogP contribution is -2.63. The number of unbranched alkanes of at least 4 members (excludes halogenated alkanes) is 2. The topological polar surface area (TPSA) is 552 Å². The number of methoxy groups -OCH3 is 2. The van der Waals surface area contributed by atoms with Crippen molar-refractivity contribution in [2.45, 2.75) is 206 Å². The molecule has 9 rings (SSSR count). The van der Waals surface area contributed by atoms with E-state index in [9.17, 15) is 90.6 Å². The highest BCUT2D eigenvalue weighted by molar-refractivity contribution is 8.00. The summed E-state index contributed by atoms with van der Waals surface area (Å²) in [7, 11) is 6.12. The van der Waals surface area contributed by atoms with Crippen LogP contribution in [0.3, 0.4) is 0 Å². The summed E-state index contributed by atoms with van der Waals surface area (Å²) in [5.41, 5.74) is 12.3. The van der Waals surface area contributed by atoms with Crippen LogP contribution >= 0.6 is 23.5 Å². The molecular formula is C89H141F5N12O27S2. The summed E-state index contributed by atoms with van der Waals surface area (Å²) >= 11 is 3.62. The number of aliphatic hydroxyl groups excluding tert-OH is 7. The Morgan fingerprint density at radius 1 is 0.526 bits per heavy atom. The molecule has 6 saturated heterocycles. The Bertz CT molecular complexity index is 3930. The van der Waals surface area contributed by atoms with Crippen molar-refractivity contribution in [3.8, 4) is 17.2 Å². The maximum Gasteiger partial charge on any atom is 0.331 e. The Balaban J connectivity index is 0.000000373. The summed E-state index contributed by atoms with van der Waals surface area (Å²) < 4.78 is 124. The SMILES string of the molecule is C=CC(=O)Cc1ccc(OC)cc1.CC(=O)NC1C(C)OC(CO)C(O)C1O.CC1OC(CO)C(O)C(O)C1O.CN(CC(=O)Oc1c(F)c(F)c(F)c(F)c1F)C(=O)CCCC[C@@H]1SC[C@@H]2NC(=O)N[C@@H]21.COc1ccc(NC(=O)CCNCCCOCCOCCOCCCNC(=O)CN(C)C(=O)CCCC[C@@H]2SCC3NC(=O)NC32)cc1.NCCCOCCOCCOCCCN. The number of anilines is 1. The Hall–Kier alpha value is -8.34. The fourth-order valence-electron chi connectivity index (χ4n) is 13.8. The summed E-state index contributed by atoms with van der Waals surface area (Å²) in [5, 5.41) is 88.2. The van der Waals surface area contributed by atoms with Crippen molar-refractivity contribution in [1.29, 1.82) is 0 Å². The Kier molecular flexibility index (Phi) is 59.8. The van der Waals surface area contributed by atoms with E-state index in [1.807, 2.05) is 48.2 Å². The van der Waals surface area contributed by atoms with Crippen LogP contribution in [0.15, 0.2) is 61.2 Å². The third-order valence-electron chi connectivity index (χ3n) is 21.4. The summed E-state index contributed by atoms with van der Waals surface area (Å²) in [5.74, 6) is -12.2. The lowest BCUT2D eigenvalue weighted by atomic mass is 9.93. The summed E-state index contributed by atoms with van der Waals surface area (Å²) in [6.07, 6.45) is 2.08. The van der Waals surface area contributed by atoms with Gasteiger partial charge in [-0.3, -0.25) is 28.8 Å². The van der Waals surface area contributed by atoms with Gasteiger partial charge in [0.1, 0.15) is 60.8 Å². The molecule has 9 amide bonds. The molecule has 6 fully saturated rings. The second kappa shape index (κ2) is 67.8. The molecule has 19 N–H and O–H groups in total. The number of hydrogen-bond acceptors (Lipinski definition) is 32. The number of esters is 1. The molecule has 12 unspecified atom stereocenters. The fraction of sp³-hybridized carbons (Fsp3) is 0.674. The molecule has 135 heavy (non-hydrogen) atoms. The quantitative estimate of drug-likeness (QED) is 0.00560. The van der Waals surface area contributed by atoms with E-state index in [4.69, 9.17) is 69.0 Å². The largest absolute Gasteiger partial charge is 0.497 e. The average molecular weight is 1970 g/mol. The number of hydrogen-bond donors (Lipinski definition) is 17. The summed E-state index contributed by atoms with van der Waals surface area (Å²) in [4.78, 5) is 108. The number of nitrogens with one attached hydrogen (secondary N) is 8. The number of amides is 9. The van der Waals surface area contributed by atoms with Gasteiger partial charge in [0.15, 0.2) is 5.78 Å². The van der Waals surface area contributed by atoms with Crippen LogP contribution in [0.2, 0.25) is 0 Å². The van der Waals surface area contributed by atoms with Crippen LogP contribution in [0.25, 0.3) is 0 Å². The van der Waals surface area contributed by atoms with Gasteiger partial charge in [-0.1, -0.05) is 31.6 Å². The van der Waals surface area contributed by atoms with E-state index in [2.05, 4.69) is 53.9 Å². The number of halogens is 5. The van der Waals surface area contributed by atoms with Crippen LogP contribution in [-0.4, -0.2) is 373 Å². The lowest BCUT2D eigenvalue weighted by Gasteiger charge is -2.41. The van der Waals surface area contributed by atoms with Gasteiger partial charge >= 0.3 is 18.0 Å². The molecule has 766 valence electrons. The fourth-order valence-corrected chi connectivity index (χ4v) is 16.9. The third-order valence-corrected chi connectivity index (χ3v) is 24.4. The number of thioether (sulfide) groups is 2. The summed E-state index contributed by atoms with van der Waals surface area (Å²) in [6.45, 7) is 16.7. The molecule has 0 saturated carbocycles. The molecule has 6 heterocycles. The van der Waals surface area contributed by atoms with Crippen LogP contribution in [0.5, 0.6) is 17.2 Å². The first-order valence-electron chi connectivity index (χ1n) is 45.0. The molecule has 16 atom stereocenters. The molecular weight excluding hydrogens is 1830 g/mol. The lowest BCUT2D eigenvalue weighted by molar-refractivity contribution is -0.224. The van der Waals surface area contributed by atoms with Crippen molar-refractivity contribution in [3.05, 3.63) is 95.8 Å². The minimum absolute atomic E-state index is 0.0326. The van der Waals surface area contributed by atoms with E-state index in [0.29, 0.717) is 149 Å². The van der Waals surface area contributed by atoms with Crippen molar-refractivity contribution in [1.82, 2.24) is 47.0 Å². The van der Waals surface area contributed by atoms with Crippen molar-refractivity contribution < 1.29 is 153 Å². The molecule has 39 nitrogen and oxygen atoms in total. The monoisotopic (exact) mass is 1970 g/mol. The first kappa shape index (κ1) is 119. The van der Waals surface area contributed by atoms with E-state index in [-0.39, 0.29) is 97.1 Å². The molecule has 6 aliphatic heterocycles. The molecule has 0 spiro atoms. The Morgan fingerprint density at radius 2 is 0.956 bits per heavy atom. The second-order valence-corrected chi connectivity index (χ2v) is 34.4. The van der Waals surface area contributed by atoms with Gasteiger partial charge < -0.3 is 152 Å². The maximum atomic E-state index is 13.6. The van der Waals surface area contributed by atoms with E-state index >= 15 is 0 Å². The van der Waals surface area contributed by atoms with Gasteiger partial charge in [0.05, 0.1) is 129 Å². The van der Waals surface area contributed by atoms with Gasteiger partial charge in [0.25, 0.3) is 0 Å². The zero-order valence-corrected chi connectivity index (χ0v) is 79.5. The van der Waals surface area contributed by atoms with Crippen LogP contribution in [0, 0.1) is 29.1 Å². The Labute approximate surface area is 793 Å². The number of carbonyl (C=O) groups excluding carboxylic acids is 9. The minimum Gasteiger partial charge on any atom is -0.497 e. The zero-order valence-electron chi connectivity index (χ0n) is 77.9. The molecule has 0 bridgehead atoms. The first-order valence-corrected chi connectivity index (χ1v) is 47.1. The molecule has 46 heteroatoms. The van der Waals surface area contributed by atoms with Gasteiger partial charge in [-0.15, -0.1) is 0 Å². The smallest absolute Gasteiger partial charge is 0.331 e. The summed E-state index contributed by atoms with van der Waals surface area (Å²) in [6, 6.07) is 14.3. The number of likely N-dealkylation sites (N-methyl/N-ethyl adjacent to an activating group) is 2. The Morgan fingerprint density at radius 3 is 1.41 bits per heavy atom. The van der Waals surface area contributed by atoms with Gasteiger partial charge in [-0.25, -0.2) is 27.6 Å². The number of urea groups is 2. The molecule has 3 aromatic carbocycles. The van der Waals surface area contributed by atoms with Crippen molar-refractivity contribution >= 4 is 82.6 Å². The number of nitrogens with zero attached hydrogens (tertiary/aromatic N) is 2. The molecule has 6 aliphatic rings. The highest BCUT2D eigenvalue weighted by Gasteiger charge is 2.46. The maximum absolute atomic E-state index is 13.6. The standard InChI is InChI=1S/C33H54N6O8S.C19H20F5N3O4S.C11H12O2.C10H24N2O3.C9H17NO5.C7H14O5/c1-39(31(42)8-4-3-7-28-32-27(24-48-28)37-33(43)38-32)23-30(41)35-15-6-18-46-20-22-47-21-19-45-17-5-14-34-16-13-29(40)36-25-9-11-26(44-2)12-10-25;1-27(6-11(29)31-18-15(23)13(21)12(20)14(22)16(18)24)10(28)5-3-2-4-9-17-8(7-32-9)25-19(30)26-17;1-3-10(12)8-9-4-6-11(13-2)7-5-9;11-3-1-5-13-7-9-15-10-8-14-6-2-4-12;1-4-7(10-5(2)12)9(14)8(13)6(3-11)15-4;1-3-5(9)7(11)6(10)4(2-8)12-3/h9-12,27-28,32,34H,3-8,13-24H2,1-2H3,(H,35,41)(H,36,40)(H2,37,38,43);8-9,17H,2-7H2,1H3,(H2,25,26,30);3-7H,1,8H2,2H3;1-12H2;4,6-9,11,13-14H,3H2,1-2H3,(H,10,12);3-11H,2H2,1H3/t27?,28-,32?;8-,9-,17-;;;;/m00..../s1. The predicted molar refractivity (Wildman–Crippen MR) is 491 cm³/mol. The highest BCUT2D eigenvalue weighted by Crippen LogP contribution is 2.36. The van der Waals surface area contributed by atoms with Crippen LogP contribution in [-0.2, 0) is 77.9 Å². The number of ether oxygens (including phenoxy) is 11. The number of benzene rings is 3. The van der Waals surface area contributed by atoms with E-state index in [1.165, 1.54) is 24.9 Å². The van der Waals surface area contributed by atoms with E-state index in [0.717, 1.165) is 90.6 Å². The zero-order chi connectivity index (χ0) is 99.7. The minimum atomic E-state index is -2.37. The molecule has 3 aromatic rings. The highest BCUT2D eigenvalue weighted by atomic mass is 32.2. The first-order chi connectivity index (χ1) is 64.7. The number of fused-ring (bicyclic) bond motifs is 2. The van der Waals surface area contributed by atoms with E-state index in [1.54, 1.807) is 59.0 Å². The number of carbonyl (C=O) groups is 9. The number of rotatable bonds is 53. The van der Waals surface area contributed by atoms with Gasteiger partial charge in [0, 0.05) is 114 Å². The third kappa shape index (κ3) is 45.4. The van der Waals surface area contributed by atoms with Crippen LogP contribution in [0.1, 0.15) is 110 Å². The van der Waals surface area contributed by atoms with Gasteiger partial charge in [0.2, 0.25) is 64.4 Å². The number of nitrogens with two attached hydrogens (primary N) is 2. The number of aliphatic hydroxyl groups is 7. The normalized spacial score (nSPS) is 22.6. The second-order valence-electron chi connectivity index (χ2n) is 31.9. The molecule has 0 radical (unpaired) electrons. The van der Waals surface area contributed by atoms with Crippen molar-refractivity contribution in [2.75, 3.05) is 183 Å². The van der Waals surface area contributed by atoms with E-state index < -0.39 is 114 Å². The number of allylic oxidation sites excluding steroid dienone is 1. The van der Waals surface area contributed by atoms with Crippen molar-refractivity contribution in [3.63, 3.8) is 0 Å². The number of ketones is 1. The average Bonchev–Trinajstić information content (AvgIpc) is 1.78. The van der Waals surface area contributed by atoms with Crippen LogP contribution < -0.4 is 68.2 Å². The van der Waals surface area contributed by atoms with Gasteiger partial charge in [-0.2, -0.15) is 32.3 Å². The van der Waals surface area contributed by atoms with Crippen LogP contribution in [0.4, 0.5) is 37.2 Å². The molecule has 0 aliphatic carbocycles. The predicted octanol–water partition coefficient (Wildman–Crippen LogP) is 1.78. The van der Waals surface area contributed by atoms with Crippen molar-refractivity contribution in [2.24, 2.45) is 11.5 Å².